The summed E-state index contributed by atoms with van der Waals surface area (Å²) in [6.07, 6.45) is -0.331. The van der Waals surface area contributed by atoms with Gasteiger partial charge in [-0.1, -0.05) is 0 Å². The van der Waals surface area contributed by atoms with Gasteiger partial charge in [-0.15, -0.1) is 3.89 Å². The van der Waals surface area contributed by atoms with Crippen molar-refractivity contribution >= 4 is 27.8 Å². The first-order valence-corrected chi connectivity index (χ1v) is 7.59. The SMILES string of the molecule is O=C(O)c1cc(N2CC(CS(=O)(=O)F)CC2=O)c(F)cc1F. The number of carbonyl (C=O) groups is 2. The normalized spacial score (nSPS) is 18.8. The Morgan fingerprint density at radius 3 is 2.50 bits per heavy atom. The van der Waals surface area contributed by atoms with Gasteiger partial charge in [0.05, 0.1) is 17.0 Å². The lowest BCUT2D eigenvalue weighted by molar-refractivity contribution is -0.117. The third-order valence-electron chi connectivity index (χ3n) is 3.20. The average molecular weight is 337 g/mol. The van der Waals surface area contributed by atoms with Crippen LogP contribution in [0.15, 0.2) is 12.1 Å². The Morgan fingerprint density at radius 2 is 1.95 bits per heavy atom. The Labute approximate surface area is 123 Å². The van der Waals surface area contributed by atoms with E-state index in [2.05, 4.69) is 0 Å². The molecule has 1 aliphatic heterocycles. The Balaban J connectivity index is 2.34. The second-order valence-electron chi connectivity index (χ2n) is 4.87. The minimum Gasteiger partial charge on any atom is -0.478 e. The molecule has 1 fully saturated rings. The smallest absolute Gasteiger partial charge is 0.338 e. The maximum absolute atomic E-state index is 13.8. The van der Waals surface area contributed by atoms with Gasteiger partial charge >= 0.3 is 16.2 Å². The fraction of sp³-hybridized carbons (Fsp3) is 0.333. The summed E-state index contributed by atoms with van der Waals surface area (Å²) < 4.78 is 60.9. The number of aromatic carboxylic acids is 1. The van der Waals surface area contributed by atoms with Crippen molar-refractivity contribution in [3.05, 3.63) is 29.3 Å². The van der Waals surface area contributed by atoms with Gasteiger partial charge in [0.1, 0.15) is 11.6 Å². The first kappa shape index (κ1) is 16.3. The molecular formula is C12H10F3NO5S. The summed E-state index contributed by atoms with van der Waals surface area (Å²) in [7, 11) is -4.80. The summed E-state index contributed by atoms with van der Waals surface area (Å²) in [6.45, 7) is -0.302. The van der Waals surface area contributed by atoms with Crippen molar-refractivity contribution in [3.8, 4) is 0 Å². The third kappa shape index (κ3) is 3.38. The quantitative estimate of drug-likeness (QED) is 0.837. The molecule has 1 atom stereocenters. The Hall–Kier alpha value is -2.10. The molecule has 1 saturated heterocycles. The average Bonchev–Trinajstić information content (AvgIpc) is 2.67. The maximum atomic E-state index is 13.8. The van der Waals surface area contributed by atoms with Gasteiger partial charge < -0.3 is 10.0 Å². The standard InChI is InChI=1S/C12H10F3NO5S/c13-8-3-9(14)10(2-7(8)12(18)19)16-4-6(1-11(16)17)5-22(15,20)21/h2-3,6H,1,4-5H2,(H,18,19). The van der Waals surface area contributed by atoms with E-state index >= 15 is 0 Å². The number of benzene rings is 1. The van der Waals surface area contributed by atoms with Crippen molar-refractivity contribution in [2.24, 2.45) is 5.92 Å². The van der Waals surface area contributed by atoms with E-state index in [1.54, 1.807) is 0 Å². The molecule has 1 aromatic carbocycles. The number of carboxylic acid groups (broad SMARTS) is 1. The second kappa shape index (κ2) is 5.59. The predicted octanol–water partition coefficient (Wildman–Crippen LogP) is 1.32. The summed E-state index contributed by atoms with van der Waals surface area (Å²) in [5, 5.41) is 8.80. The number of anilines is 1. The third-order valence-corrected chi connectivity index (χ3v) is 4.07. The highest BCUT2D eigenvalue weighted by Gasteiger charge is 2.35. The molecule has 1 N–H and O–H groups in total. The van der Waals surface area contributed by atoms with E-state index in [0.29, 0.717) is 12.1 Å². The minimum absolute atomic E-state index is 0.302. The zero-order chi connectivity index (χ0) is 16.7. The van der Waals surface area contributed by atoms with Crippen LogP contribution >= 0.6 is 0 Å². The van der Waals surface area contributed by atoms with Crippen molar-refractivity contribution in [2.45, 2.75) is 6.42 Å². The minimum atomic E-state index is -4.80. The zero-order valence-corrected chi connectivity index (χ0v) is 11.7. The van der Waals surface area contributed by atoms with E-state index in [-0.39, 0.29) is 13.0 Å². The monoisotopic (exact) mass is 337 g/mol. The molecule has 1 heterocycles. The van der Waals surface area contributed by atoms with Crippen LogP contribution in [0.1, 0.15) is 16.8 Å². The summed E-state index contributed by atoms with van der Waals surface area (Å²) in [6, 6.07) is 0.975. The van der Waals surface area contributed by atoms with E-state index in [0.717, 1.165) is 4.90 Å². The molecule has 0 bridgehead atoms. The van der Waals surface area contributed by atoms with Crippen molar-refractivity contribution < 1.29 is 35.8 Å². The fourth-order valence-electron chi connectivity index (χ4n) is 2.32. The lowest BCUT2D eigenvalue weighted by atomic mass is 10.1. The molecular weight excluding hydrogens is 327 g/mol. The van der Waals surface area contributed by atoms with E-state index in [4.69, 9.17) is 5.11 Å². The lowest BCUT2D eigenvalue weighted by Crippen LogP contribution is -2.27. The molecule has 120 valence electrons. The zero-order valence-electron chi connectivity index (χ0n) is 10.9. The van der Waals surface area contributed by atoms with Crippen LogP contribution in [-0.2, 0) is 15.0 Å². The molecule has 0 spiro atoms. The van der Waals surface area contributed by atoms with E-state index in [9.17, 15) is 30.7 Å². The molecule has 22 heavy (non-hydrogen) atoms. The Bertz CT molecular complexity index is 749. The molecule has 1 amide bonds. The highest BCUT2D eigenvalue weighted by molar-refractivity contribution is 7.86. The van der Waals surface area contributed by atoms with Crippen LogP contribution in [0, 0.1) is 17.6 Å². The van der Waals surface area contributed by atoms with Gasteiger partial charge in [0.2, 0.25) is 5.91 Å². The first-order valence-electron chi connectivity index (χ1n) is 6.03. The van der Waals surface area contributed by atoms with Crippen LogP contribution in [0.25, 0.3) is 0 Å². The van der Waals surface area contributed by atoms with Crippen molar-refractivity contribution in [2.75, 3.05) is 17.2 Å². The number of carboxylic acids is 1. The van der Waals surface area contributed by atoms with Crippen LogP contribution < -0.4 is 4.90 Å². The largest absolute Gasteiger partial charge is 0.478 e. The van der Waals surface area contributed by atoms with Gasteiger partial charge in [0.25, 0.3) is 0 Å². The Morgan fingerprint density at radius 1 is 1.32 bits per heavy atom. The van der Waals surface area contributed by atoms with Gasteiger partial charge in [-0.05, 0) is 6.07 Å². The summed E-state index contributed by atoms with van der Waals surface area (Å²) in [5.41, 5.74) is -1.31. The Kier molecular flexibility index (Phi) is 4.14. The molecule has 2 rings (SSSR count). The van der Waals surface area contributed by atoms with Crippen molar-refractivity contribution in [1.82, 2.24) is 0 Å². The van der Waals surface area contributed by atoms with Crippen LogP contribution in [0.2, 0.25) is 0 Å². The molecule has 6 nitrogen and oxygen atoms in total. The van der Waals surface area contributed by atoms with E-state index < -0.39 is 56.7 Å². The number of hydrogen-bond donors (Lipinski definition) is 1. The molecule has 1 unspecified atom stereocenters. The van der Waals surface area contributed by atoms with E-state index in [1.807, 2.05) is 0 Å². The number of rotatable bonds is 4. The van der Waals surface area contributed by atoms with E-state index in [1.165, 1.54) is 0 Å². The lowest BCUT2D eigenvalue weighted by Gasteiger charge is -2.18. The number of amides is 1. The van der Waals surface area contributed by atoms with Crippen LogP contribution in [0.3, 0.4) is 0 Å². The van der Waals surface area contributed by atoms with Gasteiger partial charge in [0.15, 0.2) is 0 Å². The molecule has 0 aliphatic carbocycles. The fourth-order valence-corrected chi connectivity index (χ4v) is 3.10. The summed E-state index contributed by atoms with van der Waals surface area (Å²) in [4.78, 5) is 23.4. The van der Waals surface area contributed by atoms with Gasteiger partial charge in [-0.25, -0.2) is 13.6 Å². The van der Waals surface area contributed by atoms with Crippen LogP contribution in [-0.4, -0.2) is 37.7 Å². The molecule has 0 radical (unpaired) electrons. The van der Waals surface area contributed by atoms with Crippen molar-refractivity contribution in [3.63, 3.8) is 0 Å². The highest BCUT2D eigenvalue weighted by Crippen LogP contribution is 2.30. The summed E-state index contributed by atoms with van der Waals surface area (Å²) >= 11 is 0. The van der Waals surface area contributed by atoms with Crippen molar-refractivity contribution in [1.29, 1.82) is 0 Å². The number of halogens is 3. The van der Waals surface area contributed by atoms with Crippen LogP contribution in [0.5, 0.6) is 0 Å². The topological polar surface area (TPSA) is 91.8 Å². The van der Waals surface area contributed by atoms with Gasteiger partial charge in [-0.2, -0.15) is 8.42 Å². The molecule has 0 aromatic heterocycles. The first-order chi connectivity index (χ1) is 10.1. The molecule has 1 aromatic rings. The molecule has 0 saturated carbocycles. The highest BCUT2D eigenvalue weighted by atomic mass is 32.3. The number of carbonyl (C=O) groups excluding carboxylic acids is 1. The number of nitrogens with zero attached hydrogens (tertiary/aromatic N) is 1. The summed E-state index contributed by atoms with van der Waals surface area (Å²) in [5.74, 6) is -6.60. The number of hydrogen-bond acceptors (Lipinski definition) is 4. The van der Waals surface area contributed by atoms with Gasteiger partial charge in [-0.3, -0.25) is 4.79 Å². The maximum Gasteiger partial charge on any atom is 0.338 e. The molecule has 1 aliphatic rings. The van der Waals surface area contributed by atoms with Crippen LogP contribution in [0.4, 0.5) is 18.4 Å². The van der Waals surface area contributed by atoms with Gasteiger partial charge in [0, 0.05) is 24.9 Å². The predicted molar refractivity (Wildman–Crippen MR) is 68.7 cm³/mol. The second-order valence-corrected chi connectivity index (χ2v) is 6.28. The molecule has 10 heteroatoms.